The Labute approximate surface area is 151 Å². The van der Waals surface area contributed by atoms with Crippen LogP contribution in [-0.4, -0.2) is 47.7 Å². The minimum atomic E-state index is -0.426. The van der Waals surface area contributed by atoms with E-state index in [2.05, 4.69) is 20.3 Å². The summed E-state index contributed by atoms with van der Waals surface area (Å²) >= 11 is 1.23. The van der Waals surface area contributed by atoms with E-state index in [0.29, 0.717) is 27.5 Å². The number of carbonyl (C=O) groups is 1. The number of carbonyl (C=O) groups excluding carboxylic acids is 1. The molecule has 0 aliphatic carbocycles. The lowest BCUT2D eigenvalue weighted by Crippen LogP contribution is -2.15. The van der Waals surface area contributed by atoms with Gasteiger partial charge in [-0.3, -0.25) is 9.20 Å². The maximum atomic E-state index is 13.1. The van der Waals surface area contributed by atoms with Gasteiger partial charge < -0.3 is 4.74 Å². The van der Waals surface area contributed by atoms with Gasteiger partial charge in [-0.1, -0.05) is 11.8 Å². The Hall–Kier alpha value is -3.01. The third-order valence-electron chi connectivity index (χ3n) is 3.83. The van der Waals surface area contributed by atoms with Crippen LogP contribution >= 0.6 is 11.8 Å². The molecule has 0 bridgehead atoms. The van der Waals surface area contributed by atoms with Gasteiger partial charge in [0.1, 0.15) is 17.4 Å². The molecule has 26 heavy (non-hydrogen) atoms. The standard InChI is InChI=1S/C16H13FN6O2S/c1-9(15(24)25-2)26-16-21-20-14-12-7-19-23(13(12)18-8-22(14)16)11-5-3-10(17)4-6-11/h3-9H,1-2H3/t9-/m1/s1. The second kappa shape index (κ2) is 6.37. The van der Waals surface area contributed by atoms with Crippen LogP contribution in [0.4, 0.5) is 4.39 Å². The van der Waals surface area contributed by atoms with Gasteiger partial charge >= 0.3 is 5.97 Å². The molecule has 0 saturated carbocycles. The Morgan fingerprint density at radius 2 is 2.00 bits per heavy atom. The molecule has 0 fully saturated rings. The zero-order chi connectivity index (χ0) is 18.3. The fraction of sp³-hybridized carbons (Fsp3) is 0.188. The second-order valence-corrected chi connectivity index (χ2v) is 6.78. The maximum Gasteiger partial charge on any atom is 0.318 e. The first-order valence-corrected chi connectivity index (χ1v) is 8.54. The van der Waals surface area contributed by atoms with Gasteiger partial charge in [-0.2, -0.15) is 5.10 Å². The molecule has 0 saturated heterocycles. The van der Waals surface area contributed by atoms with Crippen molar-refractivity contribution in [3.05, 3.63) is 42.6 Å². The number of rotatable bonds is 4. The van der Waals surface area contributed by atoms with E-state index in [9.17, 15) is 9.18 Å². The minimum absolute atomic E-state index is 0.320. The smallest absolute Gasteiger partial charge is 0.318 e. The Morgan fingerprint density at radius 1 is 1.23 bits per heavy atom. The van der Waals surface area contributed by atoms with Gasteiger partial charge in [-0.15, -0.1) is 10.2 Å². The van der Waals surface area contributed by atoms with E-state index >= 15 is 0 Å². The Balaban J connectivity index is 1.77. The molecule has 0 spiro atoms. The van der Waals surface area contributed by atoms with E-state index in [1.165, 1.54) is 31.0 Å². The topological polar surface area (TPSA) is 87.2 Å². The van der Waals surface area contributed by atoms with Gasteiger partial charge in [-0.05, 0) is 31.2 Å². The summed E-state index contributed by atoms with van der Waals surface area (Å²) in [5, 5.41) is 13.5. The molecule has 0 radical (unpaired) electrons. The summed E-state index contributed by atoms with van der Waals surface area (Å²) in [5.41, 5.74) is 1.84. The Morgan fingerprint density at radius 3 is 2.73 bits per heavy atom. The van der Waals surface area contributed by atoms with E-state index in [-0.39, 0.29) is 11.8 Å². The van der Waals surface area contributed by atoms with Crippen molar-refractivity contribution in [2.75, 3.05) is 7.11 Å². The average molecular weight is 372 g/mol. The molecule has 4 rings (SSSR count). The first kappa shape index (κ1) is 16.5. The van der Waals surface area contributed by atoms with Crippen molar-refractivity contribution in [3.8, 4) is 5.69 Å². The van der Waals surface area contributed by atoms with Crippen LogP contribution < -0.4 is 0 Å². The molecular formula is C16H13FN6O2S. The number of ether oxygens (including phenoxy) is 1. The molecule has 0 N–H and O–H groups in total. The van der Waals surface area contributed by atoms with Gasteiger partial charge in [0.05, 0.1) is 24.4 Å². The number of hydrogen-bond donors (Lipinski definition) is 0. The van der Waals surface area contributed by atoms with E-state index in [1.54, 1.807) is 40.7 Å². The molecule has 1 aromatic carbocycles. The lowest BCUT2D eigenvalue weighted by Gasteiger charge is -2.07. The first-order valence-electron chi connectivity index (χ1n) is 7.66. The lowest BCUT2D eigenvalue weighted by atomic mass is 10.3. The SMILES string of the molecule is COC(=O)[C@@H](C)Sc1nnc2c3cnn(-c4ccc(F)cc4)c3ncn12. The van der Waals surface area contributed by atoms with Gasteiger partial charge in [0, 0.05) is 0 Å². The Bertz CT molecular complexity index is 1110. The summed E-state index contributed by atoms with van der Waals surface area (Å²) in [6.07, 6.45) is 3.21. The lowest BCUT2D eigenvalue weighted by molar-refractivity contribution is -0.139. The van der Waals surface area contributed by atoms with Gasteiger partial charge in [0.15, 0.2) is 16.5 Å². The van der Waals surface area contributed by atoms with Crippen LogP contribution in [0, 0.1) is 5.82 Å². The highest BCUT2D eigenvalue weighted by Gasteiger charge is 2.20. The van der Waals surface area contributed by atoms with Crippen LogP contribution in [0.2, 0.25) is 0 Å². The minimum Gasteiger partial charge on any atom is -0.468 e. The zero-order valence-corrected chi connectivity index (χ0v) is 14.6. The summed E-state index contributed by atoms with van der Waals surface area (Å²) in [6, 6.07) is 5.97. The van der Waals surface area contributed by atoms with E-state index < -0.39 is 5.25 Å². The van der Waals surface area contributed by atoms with E-state index in [0.717, 1.165) is 0 Å². The summed E-state index contributed by atoms with van der Waals surface area (Å²) in [7, 11) is 1.34. The van der Waals surface area contributed by atoms with Crippen LogP contribution in [0.25, 0.3) is 22.4 Å². The molecule has 1 atom stereocenters. The van der Waals surface area contributed by atoms with E-state index in [4.69, 9.17) is 4.74 Å². The number of halogens is 1. The molecule has 8 nitrogen and oxygen atoms in total. The molecule has 0 aliphatic heterocycles. The first-order chi connectivity index (χ1) is 12.6. The largest absolute Gasteiger partial charge is 0.468 e. The predicted molar refractivity (Wildman–Crippen MR) is 92.7 cm³/mol. The molecule has 0 aliphatic rings. The molecule has 0 amide bonds. The van der Waals surface area contributed by atoms with Crippen molar-refractivity contribution < 1.29 is 13.9 Å². The second-order valence-electron chi connectivity index (χ2n) is 5.47. The highest BCUT2D eigenvalue weighted by Crippen LogP contribution is 2.26. The molecule has 10 heteroatoms. The van der Waals surface area contributed by atoms with E-state index in [1.807, 2.05) is 0 Å². The number of benzene rings is 1. The number of nitrogens with zero attached hydrogens (tertiary/aromatic N) is 6. The Kier molecular flexibility index (Phi) is 4.03. The molecule has 0 unspecified atom stereocenters. The highest BCUT2D eigenvalue weighted by molar-refractivity contribution is 8.00. The van der Waals surface area contributed by atoms with Crippen molar-refractivity contribution in [2.45, 2.75) is 17.3 Å². The van der Waals surface area contributed by atoms with Crippen LogP contribution in [0.15, 0.2) is 41.9 Å². The van der Waals surface area contributed by atoms with Crippen molar-refractivity contribution in [1.29, 1.82) is 0 Å². The van der Waals surface area contributed by atoms with Crippen molar-refractivity contribution in [2.24, 2.45) is 0 Å². The molecule has 3 heterocycles. The number of hydrogen-bond acceptors (Lipinski definition) is 7. The number of methoxy groups -OCH3 is 1. The molecular weight excluding hydrogens is 359 g/mol. The monoisotopic (exact) mass is 372 g/mol. The van der Waals surface area contributed by atoms with Crippen molar-refractivity contribution in [3.63, 3.8) is 0 Å². The van der Waals surface area contributed by atoms with Crippen LogP contribution in [-0.2, 0) is 9.53 Å². The predicted octanol–water partition coefficient (Wildman–Crippen LogP) is 2.26. The molecule has 4 aromatic rings. The van der Waals surface area contributed by atoms with Crippen LogP contribution in [0.1, 0.15) is 6.92 Å². The number of fused-ring (bicyclic) bond motifs is 3. The van der Waals surface area contributed by atoms with Crippen LogP contribution in [0.5, 0.6) is 0 Å². The summed E-state index contributed by atoms with van der Waals surface area (Å²) in [5.74, 6) is -0.663. The average Bonchev–Trinajstić information content (AvgIpc) is 3.25. The fourth-order valence-corrected chi connectivity index (χ4v) is 3.37. The third kappa shape index (κ3) is 2.68. The molecule has 3 aromatic heterocycles. The van der Waals surface area contributed by atoms with Gasteiger partial charge in [-0.25, -0.2) is 14.1 Å². The summed E-state index contributed by atoms with van der Waals surface area (Å²) < 4.78 is 21.2. The quantitative estimate of drug-likeness (QED) is 0.401. The summed E-state index contributed by atoms with van der Waals surface area (Å²) in [4.78, 5) is 16.0. The van der Waals surface area contributed by atoms with Crippen molar-refractivity contribution in [1.82, 2.24) is 29.4 Å². The third-order valence-corrected chi connectivity index (χ3v) is 4.87. The zero-order valence-electron chi connectivity index (χ0n) is 13.8. The normalized spacial score (nSPS) is 12.6. The number of thioether (sulfide) groups is 1. The van der Waals surface area contributed by atoms with Gasteiger partial charge in [0.2, 0.25) is 0 Å². The maximum absolute atomic E-state index is 13.1. The summed E-state index contributed by atoms with van der Waals surface area (Å²) in [6.45, 7) is 1.73. The number of esters is 1. The highest BCUT2D eigenvalue weighted by atomic mass is 32.2. The van der Waals surface area contributed by atoms with Crippen molar-refractivity contribution >= 4 is 34.4 Å². The van der Waals surface area contributed by atoms with Gasteiger partial charge in [0.25, 0.3) is 0 Å². The molecule has 132 valence electrons. The fourth-order valence-electron chi connectivity index (χ4n) is 2.52. The van der Waals surface area contributed by atoms with Crippen LogP contribution in [0.3, 0.4) is 0 Å². The number of aromatic nitrogens is 6.